The molecule has 4 rings (SSSR count). The number of fused-ring (bicyclic) bond motifs is 2. The monoisotopic (exact) mass is 494 g/mol. The van der Waals surface area contributed by atoms with E-state index in [4.69, 9.17) is 0 Å². The number of phenols is 2. The predicted molar refractivity (Wildman–Crippen MR) is 109 cm³/mol. The molecule has 0 spiro atoms. The van der Waals surface area contributed by atoms with Crippen LogP contribution in [0.4, 0.5) is 0 Å². The third kappa shape index (κ3) is 5.86. The predicted octanol–water partition coefficient (Wildman–Crippen LogP) is 6.78. The van der Waals surface area contributed by atoms with Crippen molar-refractivity contribution in [3.63, 3.8) is 0 Å². The van der Waals surface area contributed by atoms with Crippen LogP contribution in [0.2, 0.25) is 0 Å². The molecule has 0 saturated heterocycles. The molecule has 0 aliphatic heterocycles. The standard InChI is InChI=1S/2C10H8O.2BrH.Ti/c2*11-10-7-3-5-8-4-1-2-6-9(8)10;;;/h2*1-7,11H;2*1H;/q;;;;+2/p-2. The number of hydrogen-bond acceptors (Lipinski definition) is 2. The Morgan fingerprint density at radius 1 is 0.520 bits per heavy atom. The van der Waals surface area contributed by atoms with Crippen LogP contribution in [0.5, 0.6) is 11.5 Å². The fourth-order valence-corrected chi connectivity index (χ4v) is 2.42. The van der Waals surface area contributed by atoms with E-state index in [1.165, 1.54) is 0 Å². The topological polar surface area (TPSA) is 40.5 Å². The van der Waals surface area contributed by atoms with E-state index >= 15 is 0 Å². The van der Waals surface area contributed by atoms with Gasteiger partial charge >= 0.3 is 41.3 Å². The fourth-order valence-electron chi connectivity index (χ4n) is 2.42. The van der Waals surface area contributed by atoms with Crippen molar-refractivity contribution in [2.75, 3.05) is 0 Å². The Morgan fingerprint density at radius 2 is 0.840 bits per heavy atom. The van der Waals surface area contributed by atoms with Crippen LogP contribution in [-0.2, 0) is 15.0 Å². The van der Waals surface area contributed by atoms with E-state index in [1.807, 2.05) is 72.8 Å². The normalized spacial score (nSPS) is 9.52. The van der Waals surface area contributed by atoms with E-state index < -0.39 is 0 Å². The average Bonchev–Trinajstić information content (AvgIpc) is 2.64. The van der Waals surface area contributed by atoms with Crippen LogP contribution in [-0.4, -0.2) is 10.2 Å². The summed E-state index contributed by atoms with van der Waals surface area (Å²) in [5, 5.41) is 22.7. The van der Waals surface area contributed by atoms with Gasteiger partial charge in [-0.05, 0) is 22.9 Å². The molecule has 0 radical (unpaired) electrons. The summed E-state index contributed by atoms with van der Waals surface area (Å²) in [4.78, 5) is 0. The van der Waals surface area contributed by atoms with Crippen LogP contribution in [0.25, 0.3) is 21.5 Å². The number of rotatable bonds is 0. The molecule has 0 amide bonds. The zero-order valence-electron chi connectivity index (χ0n) is 13.2. The molecule has 2 nitrogen and oxygen atoms in total. The molecule has 0 atom stereocenters. The summed E-state index contributed by atoms with van der Waals surface area (Å²) in [6.45, 7) is 0. The third-order valence-corrected chi connectivity index (χ3v) is 3.53. The van der Waals surface area contributed by atoms with Gasteiger partial charge in [-0.3, -0.25) is 0 Å². The summed E-state index contributed by atoms with van der Waals surface area (Å²) in [6.07, 6.45) is 0. The van der Waals surface area contributed by atoms with Gasteiger partial charge in [0.25, 0.3) is 0 Å². The molecule has 0 aliphatic carbocycles. The van der Waals surface area contributed by atoms with Crippen LogP contribution in [0.15, 0.2) is 84.9 Å². The van der Waals surface area contributed by atoms with Gasteiger partial charge in [0, 0.05) is 10.8 Å². The van der Waals surface area contributed by atoms with Gasteiger partial charge in [0.05, 0.1) is 0 Å². The van der Waals surface area contributed by atoms with Crippen molar-refractivity contribution in [1.82, 2.24) is 0 Å². The maximum absolute atomic E-state index is 9.37. The van der Waals surface area contributed by atoms with Crippen molar-refractivity contribution in [3.8, 4) is 11.5 Å². The first-order valence-corrected chi connectivity index (χ1v) is 15.2. The Morgan fingerprint density at radius 3 is 1.20 bits per heavy atom. The van der Waals surface area contributed by atoms with E-state index in [9.17, 15) is 10.2 Å². The van der Waals surface area contributed by atoms with Crippen molar-refractivity contribution in [2.45, 2.75) is 0 Å². The molecule has 4 aromatic carbocycles. The summed E-state index contributed by atoms with van der Waals surface area (Å²) >= 11 is 6.50. The molecule has 0 fully saturated rings. The number of aromatic hydroxyl groups is 2. The molecule has 2 N–H and O–H groups in total. The summed E-state index contributed by atoms with van der Waals surface area (Å²) in [6, 6.07) is 26.6. The first-order chi connectivity index (χ1) is 12.2. The van der Waals surface area contributed by atoms with Crippen LogP contribution in [0, 0.1) is 0 Å². The van der Waals surface area contributed by atoms with Gasteiger partial charge in [-0.25, -0.2) is 0 Å². The van der Waals surface area contributed by atoms with Gasteiger partial charge in [-0.2, -0.15) is 0 Å². The van der Waals surface area contributed by atoms with E-state index in [2.05, 4.69) is 26.3 Å². The van der Waals surface area contributed by atoms with Gasteiger partial charge in [0.1, 0.15) is 11.5 Å². The van der Waals surface area contributed by atoms with Crippen molar-refractivity contribution in [1.29, 1.82) is 0 Å². The Hall–Kier alpha value is -1.33. The molecular weight excluding hydrogens is 480 g/mol. The van der Waals surface area contributed by atoms with E-state index in [0.29, 0.717) is 11.5 Å². The van der Waals surface area contributed by atoms with Gasteiger partial charge in [-0.1, -0.05) is 72.8 Å². The molecule has 0 bridgehead atoms. The number of hydrogen-bond donors (Lipinski definition) is 2. The molecule has 0 unspecified atom stereocenters. The van der Waals surface area contributed by atoms with E-state index in [0.717, 1.165) is 21.5 Å². The summed E-state index contributed by atoms with van der Waals surface area (Å²) < 4.78 is 0. The zero-order valence-corrected chi connectivity index (χ0v) is 18.0. The first-order valence-electron chi connectivity index (χ1n) is 7.47. The molecule has 0 aliphatic rings. The second kappa shape index (κ2) is 10.6. The molecule has 5 heteroatoms. The van der Waals surface area contributed by atoms with Crippen LogP contribution < -0.4 is 0 Å². The Bertz CT molecular complexity index is 857. The van der Waals surface area contributed by atoms with Gasteiger partial charge < -0.3 is 10.2 Å². The molecule has 4 aromatic rings. The molecule has 0 saturated carbocycles. The summed E-state index contributed by atoms with van der Waals surface area (Å²) in [7, 11) is 0. The second-order valence-corrected chi connectivity index (χ2v) is 12.9. The van der Waals surface area contributed by atoms with Crippen LogP contribution >= 0.6 is 26.3 Å². The van der Waals surface area contributed by atoms with Crippen molar-refractivity contribution in [3.05, 3.63) is 84.9 Å². The van der Waals surface area contributed by atoms with Crippen molar-refractivity contribution in [2.24, 2.45) is 0 Å². The summed E-state index contributed by atoms with van der Waals surface area (Å²) in [5.41, 5.74) is 0. The van der Waals surface area contributed by atoms with E-state index in [1.54, 1.807) is 12.1 Å². The quantitative estimate of drug-likeness (QED) is 0.264. The minimum absolute atomic E-state index is 0.125. The van der Waals surface area contributed by atoms with Crippen LogP contribution in [0.1, 0.15) is 0 Å². The van der Waals surface area contributed by atoms with Gasteiger partial charge in [-0.15, -0.1) is 0 Å². The van der Waals surface area contributed by atoms with Crippen molar-refractivity contribution >= 4 is 47.9 Å². The zero-order chi connectivity index (χ0) is 18.1. The molecule has 126 valence electrons. The molecule has 25 heavy (non-hydrogen) atoms. The SMILES string of the molecule is Oc1cccc2ccccc12.Oc1cccc2ccccc12.[Br][Ti][Br]. The fraction of sp³-hybridized carbons (Fsp3) is 0. The Labute approximate surface area is 168 Å². The van der Waals surface area contributed by atoms with E-state index in [-0.39, 0.29) is 15.0 Å². The number of benzene rings is 4. The number of halogens is 2. The Balaban J connectivity index is 0.000000156. The second-order valence-electron chi connectivity index (χ2n) is 5.07. The minimum atomic E-state index is 0.125. The average molecular weight is 496 g/mol. The Kier molecular flexibility index (Phi) is 8.49. The maximum atomic E-state index is 9.37. The van der Waals surface area contributed by atoms with Crippen LogP contribution in [0.3, 0.4) is 0 Å². The van der Waals surface area contributed by atoms with Gasteiger partial charge in [0.15, 0.2) is 0 Å². The molecular formula is C20H16Br2O2Ti. The van der Waals surface area contributed by atoms with Gasteiger partial charge in [0.2, 0.25) is 0 Å². The number of phenolic OH excluding ortho intramolecular Hbond substituents is 2. The third-order valence-electron chi connectivity index (χ3n) is 3.53. The van der Waals surface area contributed by atoms with Crippen molar-refractivity contribution < 1.29 is 25.2 Å². The first kappa shape index (κ1) is 20.0. The molecule has 0 heterocycles. The summed E-state index contributed by atoms with van der Waals surface area (Å²) in [5.74, 6) is 0.700. The molecule has 0 aromatic heterocycles.